The molecular formula is C11H11ClN6O. The largest absolute Gasteiger partial charge is 0.308 e. The van der Waals surface area contributed by atoms with Crippen LogP contribution in [0.2, 0.25) is 5.02 Å². The van der Waals surface area contributed by atoms with Gasteiger partial charge in [-0.3, -0.25) is 14.2 Å². The summed E-state index contributed by atoms with van der Waals surface area (Å²) in [6.45, 7) is 1.68. The Morgan fingerprint density at radius 1 is 1.53 bits per heavy atom. The van der Waals surface area contributed by atoms with E-state index in [1.165, 1.54) is 21.8 Å². The maximum absolute atomic E-state index is 12.1. The van der Waals surface area contributed by atoms with Crippen molar-refractivity contribution in [3.63, 3.8) is 0 Å². The van der Waals surface area contributed by atoms with E-state index in [2.05, 4.69) is 15.5 Å². The molecule has 19 heavy (non-hydrogen) atoms. The number of amides is 1. The topological polar surface area (TPSA) is 88.5 Å². The van der Waals surface area contributed by atoms with Gasteiger partial charge < -0.3 is 5.32 Å². The van der Waals surface area contributed by atoms with Crippen molar-refractivity contribution in [2.24, 2.45) is 7.05 Å². The number of nitrogens with zero attached hydrogens (tertiary/aromatic N) is 5. The number of rotatable bonds is 3. The first-order valence-electron chi connectivity index (χ1n) is 5.45. The molecule has 1 N–H and O–H groups in total. The molecule has 0 aliphatic carbocycles. The van der Waals surface area contributed by atoms with Gasteiger partial charge in [0, 0.05) is 13.2 Å². The van der Waals surface area contributed by atoms with Crippen LogP contribution in [0.15, 0.2) is 18.6 Å². The van der Waals surface area contributed by atoms with Crippen LogP contribution in [-0.4, -0.2) is 25.5 Å². The number of hydrogen-bond donors (Lipinski definition) is 1. The molecule has 1 unspecified atom stereocenters. The van der Waals surface area contributed by atoms with Crippen LogP contribution in [0.25, 0.3) is 0 Å². The molecule has 0 aliphatic rings. The average Bonchev–Trinajstić information content (AvgIpc) is 2.96. The Bertz CT molecular complexity index is 652. The highest BCUT2D eigenvalue weighted by Crippen LogP contribution is 2.16. The molecule has 0 aromatic carbocycles. The number of nitriles is 1. The number of aromatic nitrogens is 4. The first-order chi connectivity index (χ1) is 9.02. The zero-order valence-corrected chi connectivity index (χ0v) is 11.1. The van der Waals surface area contributed by atoms with Crippen molar-refractivity contribution >= 4 is 23.3 Å². The van der Waals surface area contributed by atoms with Crippen LogP contribution >= 0.6 is 11.6 Å². The molecule has 8 heteroatoms. The average molecular weight is 279 g/mol. The van der Waals surface area contributed by atoms with Gasteiger partial charge in [0.25, 0.3) is 0 Å². The third kappa shape index (κ3) is 2.58. The molecule has 98 valence electrons. The number of carbonyl (C=O) groups is 1. The van der Waals surface area contributed by atoms with Gasteiger partial charge in [-0.05, 0) is 6.92 Å². The summed E-state index contributed by atoms with van der Waals surface area (Å²) >= 11 is 5.75. The SMILES string of the molecule is CC(C(=O)Nc1c(C#N)cnn1C)n1cc(Cl)cn1. The fourth-order valence-corrected chi connectivity index (χ4v) is 1.68. The van der Waals surface area contributed by atoms with Gasteiger partial charge in [0.2, 0.25) is 5.91 Å². The first-order valence-corrected chi connectivity index (χ1v) is 5.83. The normalized spacial score (nSPS) is 11.9. The molecule has 0 saturated carbocycles. The van der Waals surface area contributed by atoms with Gasteiger partial charge >= 0.3 is 0 Å². The minimum absolute atomic E-state index is 0.306. The van der Waals surface area contributed by atoms with E-state index in [1.54, 1.807) is 20.2 Å². The van der Waals surface area contributed by atoms with Crippen molar-refractivity contribution in [2.75, 3.05) is 5.32 Å². The van der Waals surface area contributed by atoms with Gasteiger partial charge in [-0.25, -0.2) is 0 Å². The van der Waals surface area contributed by atoms with E-state index in [1.807, 2.05) is 6.07 Å². The highest BCUT2D eigenvalue weighted by molar-refractivity contribution is 6.30. The Labute approximate surface area is 114 Å². The lowest BCUT2D eigenvalue weighted by atomic mass is 10.3. The van der Waals surface area contributed by atoms with Crippen LogP contribution in [0, 0.1) is 11.3 Å². The number of aryl methyl sites for hydroxylation is 1. The summed E-state index contributed by atoms with van der Waals surface area (Å²) < 4.78 is 2.87. The van der Waals surface area contributed by atoms with E-state index < -0.39 is 6.04 Å². The standard InChI is InChI=1S/C11H11ClN6O/c1-7(18-6-9(12)5-15-18)11(19)16-10-8(3-13)4-14-17(10)2/h4-7H,1-2H3,(H,16,19). The predicted octanol–water partition coefficient (Wildman–Crippen LogP) is 1.34. The second-order valence-corrected chi connectivity index (χ2v) is 4.38. The third-order valence-corrected chi connectivity index (χ3v) is 2.84. The summed E-state index contributed by atoms with van der Waals surface area (Å²) in [5.41, 5.74) is 0.307. The maximum Gasteiger partial charge on any atom is 0.250 e. The van der Waals surface area contributed by atoms with Gasteiger partial charge in [-0.15, -0.1) is 0 Å². The second kappa shape index (κ2) is 5.12. The lowest BCUT2D eigenvalue weighted by molar-refractivity contribution is -0.119. The summed E-state index contributed by atoms with van der Waals surface area (Å²) in [5, 5.41) is 19.9. The summed E-state index contributed by atoms with van der Waals surface area (Å²) in [7, 11) is 1.64. The molecule has 0 fully saturated rings. The first kappa shape index (κ1) is 13.1. The predicted molar refractivity (Wildman–Crippen MR) is 68.5 cm³/mol. The van der Waals surface area contributed by atoms with Crippen LogP contribution in [0.1, 0.15) is 18.5 Å². The Kier molecular flexibility index (Phi) is 3.53. The molecule has 0 saturated heterocycles. The molecule has 2 aromatic rings. The van der Waals surface area contributed by atoms with Crippen molar-refractivity contribution in [3.05, 3.63) is 29.2 Å². The lowest BCUT2D eigenvalue weighted by Gasteiger charge is -2.12. The highest BCUT2D eigenvalue weighted by atomic mass is 35.5. The van der Waals surface area contributed by atoms with E-state index in [0.717, 1.165) is 0 Å². The van der Waals surface area contributed by atoms with Crippen LogP contribution in [0.3, 0.4) is 0 Å². The molecule has 2 heterocycles. The van der Waals surface area contributed by atoms with Gasteiger partial charge in [0.1, 0.15) is 23.5 Å². The van der Waals surface area contributed by atoms with Gasteiger partial charge in [0.05, 0.1) is 17.4 Å². The molecule has 0 bridgehead atoms. The minimum atomic E-state index is -0.547. The maximum atomic E-state index is 12.1. The fraction of sp³-hybridized carbons (Fsp3) is 0.273. The number of anilines is 1. The molecular weight excluding hydrogens is 268 g/mol. The quantitative estimate of drug-likeness (QED) is 0.917. The zero-order valence-electron chi connectivity index (χ0n) is 10.3. The van der Waals surface area contributed by atoms with E-state index >= 15 is 0 Å². The highest BCUT2D eigenvalue weighted by Gasteiger charge is 2.19. The Morgan fingerprint density at radius 3 is 2.84 bits per heavy atom. The molecule has 2 aromatic heterocycles. The fourth-order valence-electron chi connectivity index (χ4n) is 1.54. The van der Waals surface area contributed by atoms with Crippen LogP contribution in [-0.2, 0) is 11.8 Å². The van der Waals surface area contributed by atoms with Crippen LogP contribution in [0.4, 0.5) is 5.82 Å². The van der Waals surface area contributed by atoms with Crippen molar-refractivity contribution in [1.82, 2.24) is 19.6 Å². The summed E-state index contributed by atoms with van der Waals surface area (Å²) in [5.74, 6) is 0.0532. The van der Waals surface area contributed by atoms with E-state index in [9.17, 15) is 4.79 Å². The summed E-state index contributed by atoms with van der Waals surface area (Å²) in [6, 6.07) is 1.42. The van der Waals surface area contributed by atoms with E-state index in [4.69, 9.17) is 16.9 Å². The zero-order chi connectivity index (χ0) is 14.0. The molecule has 0 spiro atoms. The van der Waals surface area contributed by atoms with Gasteiger partial charge in [0.15, 0.2) is 0 Å². The molecule has 1 atom stereocenters. The van der Waals surface area contributed by atoms with Crippen molar-refractivity contribution in [3.8, 4) is 6.07 Å². The van der Waals surface area contributed by atoms with Crippen LogP contribution in [0.5, 0.6) is 0 Å². The molecule has 7 nitrogen and oxygen atoms in total. The van der Waals surface area contributed by atoms with Crippen molar-refractivity contribution in [1.29, 1.82) is 5.26 Å². The van der Waals surface area contributed by atoms with Crippen molar-refractivity contribution < 1.29 is 4.79 Å². The minimum Gasteiger partial charge on any atom is -0.308 e. The number of carbonyl (C=O) groups excluding carboxylic acids is 1. The molecule has 1 amide bonds. The second-order valence-electron chi connectivity index (χ2n) is 3.95. The number of hydrogen-bond acceptors (Lipinski definition) is 4. The Morgan fingerprint density at radius 2 is 2.26 bits per heavy atom. The summed E-state index contributed by atoms with van der Waals surface area (Å²) in [6.07, 6.45) is 4.40. The van der Waals surface area contributed by atoms with Gasteiger partial charge in [-0.1, -0.05) is 11.6 Å². The number of halogens is 1. The van der Waals surface area contributed by atoms with Gasteiger partial charge in [-0.2, -0.15) is 15.5 Å². The van der Waals surface area contributed by atoms with E-state index in [-0.39, 0.29) is 5.91 Å². The molecule has 0 radical (unpaired) electrons. The van der Waals surface area contributed by atoms with Crippen molar-refractivity contribution in [2.45, 2.75) is 13.0 Å². The third-order valence-electron chi connectivity index (χ3n) is 2.65. The van der Waals surface area contributed by atoms with E-state index in [0.29, 0.717) is 16.4 Å². The monoisotopic (exact) mass is 278 g/mol. The summed E-state index contributed by atoms with van der Waals surface area (Å²) in [4.78, 5) is 12.1. The molecule has 0 aliphatic heterocycles. The Hall–Kier alpha value is -2.33. The van der Waals surface area contributed by atoms with Crippen LogP contribution < -0.4 is 5.32 Å². The Balaban J connectivity index is 2.17. The smallest absolute Gasteiger partial charge is 0.250 e. The molecule has 2 rings (SSSR count). The number of nitrogens with one attached hydrogen (secondary N) is 1. The lowest BCUT2D eigenvalue weighted by Crippen LogP contribution is -2.25.